The molecular formula is C12H17FO. The number of ketones is 1. The standard InChI is InChI=1S/C10H11FO.C2H6/c1-7-4-3-5-9(10(7)11)6-8(2)12;1-2/h3-5H,6H2,1-2H3;1-2H3. The lowest BCUT2D eigenvalue weighted by atomic mass is 10.1. The van der Waals surface area contributed by atoms with Crippen molar-refractivity contribution in [2.75, 3.05) is 0 Å². The molecule has 0 aromatic heterocycles. The van der Waals surface area contributed by atoms with Crippen LogP contribution in [0.2, 0.25) is 0 Å². The quantitative estimate of drug-likeness (QED) is 0.709. The first-order valence-corrected chi connectivity index (χ1v) is 4.84. The first-order valence-electron chi connectivity index (χ1n) is 4.84. The summed E-state index contributed by atoms with van der Waals surface area (Å²) < 4.78 is 13.2. The lowest BCUT2D eigenvalue weighted by Gasteiger charge is -2.01. The van der Waals surface area contributed by atoms with Crippen molar-refractivity contribution in [3.8, 4) is 0 Å². The molecule has 0 fully saturated rings. The molecule has 1 aromatic carbocycles. The monoisotopic (exact) mass is 196 g/mol. The molecule has 0 amide bonds. The van der Waals surface area contributed by atoms with Crippen molar-refractivity contribution in [3.63, 3.8) is 0 Å². The largest absolute Gasteiger partial charge is 0.300 e. The van der Waals surface area contributed by atoms with Crippen molar-refractivity contribution >= 4 is 5.78 Å². The van der Waals surface area contributed by atoms with Gasteiger partial charge in [0.25, 0.3) is 0 Å². The van der Waals surface area contributed by atoms with Gasteiger partial charge >= 0.3 is 0 Å². The van der Waals surface area contributed by atoms with E-state index in [0.717, 1.165) is 0 Å². The van der Waals surface area contributed by atoms with E-state index in [4.69, 9.17) is 0 Å². The average Bonchev–Trinajstić information content (AvgIpc) is 2.16. The molecule has 0 unspecified atom stereocenters. The normalized spacial score (nSPS) is 8.93. The van der Waals surface area contributed by atoms with E-state index in [2.05, 4.69) is 0 Å². The number of Topliss-reactive ketones (excluding diaryl/α,β-unsaturated/α-hetero) is 1. The molecule has 0 bridgehead atoms. The van der Waals surface area contributed by atoms with Crippen molar-refractivity contribution in [1.82, 2.24) is 0 Å². The van der Waals surface area contributed by atoms with Crippen molar-refractivity contribution in [2.45, 2.75) is 34.1 Å². The highest BCUT2D eigenvalue weighted by Gasteiger charge is 2.05. The summed E-state index contributed by atoms with van der Waals surface area (Å²) in [5.74, 6) is -0.271. The van der Waals surface area contributed by atoms with Gasteiger partial charge in [-0.2, -0.15) is 0 Å². The highest BCUT2D eigenvalue weighted by atomic mass is 19.1. The minimum atomic E-state index is -0.257. The molecule has 0 spiro atoms. The summed E-state index contributed by atoms with van der Waals surface area (Å²) >= 11 is 0. The van der Waals surface area contributed by atoms with Crippen molar-refractivity contribution < 1.29 is 9.18 Å². The van der Waals surface area contributed by atoms with Crippen LogP contribution in [0, 0.1) is 12.7 Å². The SMILES string of the molecule is CC.CC(=O)Cc1cccc(C)c1F. The van der Waals surface area contributed by atoms with E-state index in [1.807, 2.05) is 13.8 Å². The van der Waals surface area contributed by atoms with Crippen molar-refractivity contribution in [3.05, 3.63) is 35.1 Å². The van der Waals surface area contributed by atoms with Crippen LogP contribution in [0.25, 0.3) is 0 Å². The van der Waals surface area contributed by atoms with Gasteiger partial charge in [-0.15, -0.1) is 0 Å². The molecule has 0 atom stereocenters. The summed E-state index contributed by atoms with van der Waals surface area (Å²) in [6, 6.07) is 5.10. The summed E-state index contributed by atoms with van der Waals surface area (Å²) in [6.45, 7) is 7.15. The van der Waals surface area contributed by atoms with Gasteiger partial charge in [0.15, 0.2) is 0 Å². The van der Waals surface area contributed by atoms with Gasteiger partial charge in [-0.3, -0.25) is 4.79 Å². The maximum Gasteiger partial charge on any atom is 0.134 e. The summed E-state index contributed by atoms with van der Waals surface area (Å²) in [4.78, 5) is 10.7. The molecule has 78 valence electrons. The number of hydrogen-bond acceptors (Lipinski definition) is 1. The Morgan fingerprint density at radius 1 is 1.36 bits per heavy atom. The zero-order valence-electron chi connectivity index (χ0n) is 9.23. The molecule has 1 aromatic rings. The summed E-state index contributed by atoms with van der Waals surface area (Å²) in [6.07, 6.45) is 0.188. The number of benzene rings is 1. The van der Waals surface area contributed by atoms with Crippen LogP contribution in [0.4, 0.5) is 4.39 Å². The number of carbonyl (C=O) groups is 1. The molecule has 0 N–H and O–H groups in total. The van der Waals surface area contributed by atoms with E-state index in [0.29, 0.717) is 11.1 Å². The first kappa shape index (κ1) is 12.8. The Morgan fingerprint density at radius 2 is 1.93 bits per heavy atom. The van der Waals surface area contributed by atoms with Gasteiger partial charge in [-0.05, 0) is 25.0 Å². The van der Waals surface area contributed by atoms with Crippen LogP contribution in [-0.4, -0.2) is 5.78 Å². The summed E-state index contributed by atoms with van der Waals surface area (Å²) in [5.41, 5.74) is 1.08. The minimum Gasteiger partial charge on any atom is -0.300 e. The third kappa shape index (κ3) is 3.69. The van der Waals surface area contributed by atoms with Gasteiger partial charge < -0.3 is 0 Å². The molecule has 2 heteroatoms. The molecule has 0 saturated carbocycles. The van der Waals surface area contributed by atoms with E-state index in [1.54, 1.807) is 25.1 Å². The number of halogens is 1. The summed E-state index contributed by atoms with van der Waals surface area (Å²) in [5, 5.41) is 0. The van der Waals surface area contributed by atoms with Crippen LogP contribution in [0.5, 0.6) is 0 Å². The second-order valence-corrected chi connectivity index (χ2v) is 2.93. The molecule has 0 radical (unpaired) electrons. The predicted molar refractivity (Wildman–Crippen MR) is 56.9 cm³/mol. The molecule has 0 heterocycles. The highest BCUT2D eigenvalue weighted by Crippen LogP contribution is 2.12. The number of aryl methyl sites for hydroxylation is 1. The van der Waals surface area contributed by atoms with Gasteiger partial charge in [0, 0.05) is 6.42 Å². The predicted octanol–water partition coefficient (Wildman–Crippen LogP) is 3.29. The van der Waals surface area contributed by atoms with Crippen LogP contribution in [-0.2, 0) is 11.2 Å². The fourth-order valence-electron chi connectivity index (χ4n) is 1.11. The van der Waals surface area contributed by atoms with Gasteiger partial charge in [0.1, 0.15) is 11.6 Å². The van der Waals surface area contributed by atoms with Gasteiger partial charge in [-0.1, -0.05) is 32.0 Å². The molecule has 1 nitrogen and oxygen atoms in total. The van der Waals surface area contributed by atoms with Crippen LogP contribution in [0.15, 0.2) is 18.2 Å². The Bertz CT molecular complexity index is 305. The zero-order valence-corrected chi connectivity index (χ0v) is 9.23. The number of hydrogen-bond donors (Lipinski definition) is 0. The topological polar surface area (TPSA) is 17.1 Å². The molecule has 0 saturated heterocycles. The smallest absolute Gasteiger partial charge is 0.134 e. The minimum absolute atomic E-state index is 0.0144. The fraction of sp³-hybridized carbons (Fsp3) is 0.417. The van der Waals surface area contributed by atoms with Crippen LogP contribution in [0.1, 0.15) is 31.9 Å². The van der Waals surface area contributed by atoms with Crippen molar-refractivity contribution in [1.29, 1.82) is 0 Å². The van der Waals surface area contributed by atoms with Crippen LogP contribution < -0.4 is 0 Å². The third-order valence-electron chi connectivity index (χ3n) is 1.71. The average molecular weight is 196 g/mol. The van der Waals surface area contributed by atoms with Gasteiger partial charge in [0.05, 0.1) is 0 Å². The highest BCUT2D eigenvalue weighted by molar-refractivity contribution is 5.78. The second-order valence-electron chi connectivity index (χ2n) is 2.93. The molecular weight excluding hydrogens is 179 g/mol. The lowest BCUT2D eigenvalue weighted by molar-refractivity contribution is -0.116. The van der Waals surface area contributed by atoms with Gasteiger partial charge in [0.2, 0.25) is 0 Å². The van der Waals surface area contributed by atoms with Crippen molar-refractivity contribution in [2.24, 2.45) is 0 Å². The fourth-order valence-corrected chi connectivity index (χ4v) is 1.11. The van der Waals surface area contributed by atoms with Crippen LogP contribution >= 0.6 is 0 Å². The van der Waals surface area contributed by atoms with E-state index in [9.17, 15) is 9.18 Å². The molecule has 1 rings (SSSR count). The first-order chi connectivity index (χ1) is 6.61. The van der Waals surface area contributed by atoms with Crippen LogP contribution in [0.3, 0.4) is 0 Å². The zero-order chi connectivity index (χ0) is 11.1. The Labute approximate surface area is 85.0 Å². The lowest BCUT2D eigenvalue weighted by Crippen LogP contribution is -2.00. The molecule has 0 aliphatic heterocycles. The van der Waals surface area contributed by atoms with E-state index in [1.165, 1.54) is 6.92 Å². The molecule has 14 heavy (non-hydrogen) atoms. The Balaban J connectivity index is 0.000000791. The Kier molecular flexibility index (Phi) is 5.77. The summed E-state index contributed by atoms with van der Waals surface area (Å²) in [7, 11) is 0. The molecule has 0 aliphatic carbocycles. The van der Waals surface area contributed by atoms with E-state index in [-0.39, 0.29) is 18.0 Å². The number of carbonyl (C=O) groups excluding carboxylic acids is 1. The maximum absolute atomic E-state index is 13.2. The van der Waals surface area contributed by atoms with E-state index >= 15 is 0 Å². The third-order valence-corrected chi connectivity index (χ3v) is 1.71. The van der Waals surface area contributed by atoms with Gasteiger partial charge in [-0.25, -0.2) is 4.39 Å². The molecule has 0 aliphatic rings. The Morgan fingerprint density at radius 3 is 2.43 bits per heavy atom. The maximum atomic E-state index is 13.2. The second kappa shape index (κ2) is 6.30. The van der Waals surface area contributed by atoms with E-state index < -0.39 is 0 Å². The Hall–Kier alpha value is -1.18. The number of rotatable bonds is 2.